The van der Waals surface area contributed by atoms with Crippen molar-refractivity contribution in [2.24, 2.45) is 0 Å². The first-order valence-corrected chi connectivity index (χ1v) is 29.1. The highest BCUT2D eigenvalue weighted by molar-refractivity contribution is 5.71. The van der Waals surface area contributed by atoms with Gasteiger partial charge in [0.1, 0.15) is 13.2 Å². The highest BCUT2D eigenvalue weighted by atomic mass is 16.6. The van der Waals surface area contributed by atoms with Crippen molar-refractivity contribution in [3.63, 3.8) is 0 Å². The molecule has 0 bridgehead atoms. The zero-order valence-electron chi connectivity index (χ0n) is 45.3. The van der Waals surface area contributed by atoms with E-state index in [1.807, 2.05) is 0 Å². The molecule has 0 amide bonds. The largest absolute Gasteiger partial charge is 0.462 e. The Balaban J connectivity index is 4.43. The van der Waals surface area contributed by atoms with Crippen LogP contribution >= 0.6 is 0 Å². The molecule has 0 aliphatic heterocycles. The van der Waals surface area contributed by atoms with Gasteiger partial charge < -0.3 is 14.2 Å². The lowest BCUT2D eigenvalue weighted by atomic mass is 10.1. The third kappa shape index (κ3) is 55.4. The third-order valence-corrected chi connectivity index (χ3v) is 12.4. The Kier molecular flexibility index (Phi) is 54.3. The first-order chi connectivity index (χ1) is 34.0. The van der Waals surface area contributed by atoms with Crippen LogP contribution in [0.15, 0.2) is 85.1 Å². The van der Waals surface area contributed by atoms with Gasteiger partial charge in [-0.1, -0.05) is 228 Å². The molecule has 1 atom stereocenters. The van der Waals surface area contributed by atoms with Crippen molar-refractivity contribution in [3.8, 4) is 0 Å². The molecule has 0 aromatic heterocycles. The van der Waals surface area contributed by atoms with E-state index in [0.717, 1.165) is 128 Å². The summed E-state index contributed by atoms with van der Waals surface area (Å²) in [5.74, 6) is -0.920. The van der Waals surface area contributed by atoms with Crippen LogP contribution in [0.25, 0.3) is 0 Å². The average molecular weight is 962 g/mol. The van der Waals surface area contributed by atoms with Gasteiger partial charge in [0.25, 0.3) is 0 Å². The van der Waals surface area contributed by atoms with Crippen LogP contribution in [-0.2, 0) is 28.6 Å². The molecular formula is C63H108O6. The van der Waals surface area contributed by atoms with Crippen LogP contribution in [0.3, 0.4) is 0 Å². The van der Waals surface area contributed by atoms with E-state index in [4.69, 9.17) is 14.2 Å². The van der Waals surface area contributed by atoms with Gasteiger partial charge in [-0.25, -0.2) is 0 Å². The van der Waals surface area contributed by atoms with Crippen molar-refractivity contribution in [1.29, 1.82) is 0 Å². The van der Waals surface area contributed by atoms with Crippen molar-refractivity contribution in [2.75, 3.05) is 13.2 Å². The monoisotopic (exact) mass is 961 g/mol. The normalized spacial score (nSPS) is 12.7. The second-order valence-corrected chi connectivity index (χ2v) is 19.2. The lowest BCUT2D eigenvalue weighted by molar-refractivity contribution is -0.167. The van der Waals surface area contributed by atoms with Crippen LogP contribution in [0.2, 0.25) is 0 Å². The van der Waals surface area contributed by atoms with Crippen LogP contribution < -0.4 is 0 Å². The fraction of sp³-hybridized carbons (Fsp3) is 0.730. The minimum Gasteiger partial charge on any atom is -0.462 e. The molecule has 0 aliphatic rings. The number of rotatable bonds is 52. The van der Waals surface area contributed by atoms with E-state index >= 15 is 0 Å². The molecule has 0 N–H and O–H groups in total. The summed E-state index contributed by atoms with van der Waals surface area (Å²) in [5, 5.41) is 0. The van der Waals surface area contributed by atoms with Crippen LogP contribution in [0.4, 0.5) is 0 Å². The maximum atomic E-state index is 12.9. The topological polar surface area (TPSA) is 78.9 Å². The van der Waals surface area contributed by atoms with Gasteiger partial charge >= 0.3 is 17.9 Å². The number of hydrogen-bond donors (Lipinski definition) is 0. The summed E-state index contributed by atoms with van der Waals surface area (Å²) in [7, 11) is 0. The number of hydrogen-bond acceptors (Lipinski definition) is 6. The fourth-order valence-corrected chi connectivity index (χ4v) is 7.99. The van der Waals surface area contributed by atoms with E-state index in [-0.39, 0.29) is 31.1 Å². The molecule has 0 heterocycles. The molecule has 69 heavy (non-hydrogen) atoms. The summed E-state index contributed by atoms with van der Waals surface area (Å²) < 4.78 is 16.9. The molecule has 1 unspecified atom stereocenters. The van der Waals surface area contributed by atoms with Crippen molar-refractivity contribution < 1.29 is 28.6 Å². The molecule has 0 radical (unpaired) electrons. The number of allylic oxidation sites excluding steroid dienone is 14. The molecular weight excluding hydrogens is 853 g/mol. The number of ether oxygens (including phenoxy) is 3. The molecule has 0 rings (SSSR count). The van der Waals surface area contributed by atoms with Crippen LogP contribution in [0.5, 0.6) is 0 Å². The lowest BCUT2D eigenvalue weighted by Gasteiger charge is -2.18. The summed E-state index contributed by atoms with van der Waals surface area (Å²) in [6.07, 6.45) is 74.2. The van der Waals surface area contributed by atoms with Gasteiger partial charge in [-0.15, -0.1) is 0 Å². The summed E-state index contributed by atoms with van der Waals surface area (Å²) in [6, 6.07) is 0. The molecule has 0 spiro atoms. The minimum absolute atomic E-state index is 0.0901. The maximum Gasteiger partial charge on any atom is 0.306 e. The van der Waals surface area contributed by atoms with Gasteiger partial charge in [0, 0.05) is 19.3 Å². The average Bonchev–Trinajstić information content (AvgIpc) is 3.35. The summed E-state index contributed by atoms with van der Waals surface area (Å²) in [5.41, 5.74) is 0. The predicted molar refractivity (Wildman–Crippen MR) is 297 cm³/mol. The summed E-state index contributed by atoms with van der Waals surface area (Å²) >= 11 is 0. The molecule has 396 valence electrons. The molecule has 0 saturated carbocycles. The summed E-state index contributed by atoms with van der Waals surface area (Å²) in [4.78, 5) is 38.2. The fourth-order valence-electron chi connectivity index (χ4n) is 7.99. The Morgan fingerprint density at radius 2 is 0.565 bits per heavy atom. The van der Waals surface area contributed by atoms with Gasteiger partial charge in [-0.3, -0.25) is 14.4 Å². The van der Waals surface area contributed by atoms with E-state index in [9.17, 15) is 14.4 Å². The molecule has 0 aromatic rings. The minimum atomic E-state index is -0.793. The first kappa shape index (κ1) is 65.6. The summed E-state index contributed by atoms with van der Waals surface area (Å²) in [6.45, 7) is 6.50. The van der Waals surface area contributed by atoms with E-state index in [2.05, 4.69) is 106 Å². The molecule has 0 fully saturated rings. The second kappa shape index (κ2) is 57.2. The van der Waals surface area contributed by atoms with E-state index in [0.29, 0.717) is 19.3 Å². The number of carbonyl (C=O) groups excluding carboxylic acids is 3. The molecule has 6 heteroatoms. The van der Waals surface area contributed by atoms with E-state index in [1.54, 1.807) is 0 Å². The lowest BCUT2D eigenvalue weighted by Crippen LogP contribution is -2.30. The highest BCUT2D eigenvalue weighted by Gasteiger charge is 2.19. The Hall–Kier alpha value is -3.41. The molecule has 6 nitrogen and oxygen atoms in total. The van der Waals surface area contributed by atoms with Crippen LogP contribution in [0.1, 0.15) is 278 Å². The second-order valence-electron chi connectivity index (χ2n) is 19.2. The maximum absolute atomic E-state index is 12.9. The van der Waals surface area contributed by atoms with Gasteiger partial charge in [0.2, 0.25) is 0 Å². The number of unbranched alkanes of at least 4 members (excludes halogenated alkanes) is 27. The van der Waals surface area contributed by atoms with Crippen LogP contribution in [-0.4, -0.2) is 37.2 Å². The Bertz CT molecular complexity index is 1330. The standard InChI is InChI=1S/C63H108O6/c1-4-7-10-13-16-19-22-25-28-29-30-31-32-33-36-38-41-44-47-50-53-56-62(65)68-59-60(69-63(66)57-54-51-48-45-42-39-35-27-24-21-18-15-12-9-6-3)58-67-61(64)55-52-49-46-43-40-37-34-26-23-20-17-14-11-8-5-2/h7,10,16,19,25-28,30-31,33-36,60H,4-6,8-9,11-15,17-18,20-24,29,32,37-59H2,1-3H3/b10-7-,19-16-,28-25-,31-30-,34-26-,35-27-,36-33-. The van der Waals surface area contributed by atoms with Gasteiger partial charge in [-0.05, 0) is 116 Å². The Morgan fingerprint density at radius 1 is 0.304 bits per heavy atom. The van der Waals surface area contributed by atoms with Gasteiger partial charge in [-0.2, -0.15) is 0 Å². The predicted octanol–water partition coefficient (Wildman–Crippen LogP) is 19.5. The van der Waals surface area contributed by atoms with Gasteiger partial charge in [0.15, 0.2) is 6.10 Å². The van der Waals surface area contributed by atoms with Crippen molar-refractivity contribution >= 4 is 17.9 Å². The molecule has 0 aliphatic carbocycles. The number of esters is 3. The zero-order valence-corrected chi connectivity index (χ0v) is 45.3. The van der Waals surface area contributed by atoms with E-state index < -0.39 is 6.10 Å². The first-order valence-electron chi connectivity index (χ1n) is 29.1. The van der Waals surface area contributed by atoms with Crippen molar-refractivity contribution in [1.82, 2.24) is 0 Å². The van der Waals surface area contributed by atoms with Crippen molar-refractivity contribution in [2.45, 2.75) is 284 Å². The smallest absolute Gasteiger partial charge is 0.306 e. The SMILES string of the molecule is CC/C=C\C/C=C\C/C=C\C/C=C\C/C=C\CCCCCCCC(=O)OCC(COC(=O)CCCCCCC/C=C\CCCCCCCC)OC(=O)CCCCCCC/C=C\CCCCCCCC. The van der Waals surface area contributed by atoms with E-state index in [1.165, 1.54) is 109 Å². The quantitative estimate of drug-likeness (QED) is 0.0262. The Morgan fingerprint density at radius 3 is 0.899 bits per heavy atom. The molecule has 0 saturated heterocycles. The van der Waals surface area contributed by atoms with Crippen LogP contribution in [0, 0.1) is 0 Å². The zero-order chi connectivity index (χ0) is 50.0. The Labute approximate surface area is 426 Å². The number of carbonyl (C=O) groups is 3. The third-order valence-electron chi connectivity index (χ3n) is 12.4. The molecule has 0 aromatic carbocycles. The van der Waals surface area contributed by atoms with Crippen molar-refractivity contribution in [3.05, 3.63) is 85.1 Å². The highest BCUT2D eigenvalue weighted by Crippen LogP contribution is 2.14. The van der Waals surface area contributed by atoms with Gasteiger partial charge in [0.05, 0.1) is 0 Å².